The maximum absolute atomic E-state index is 11.0. The number of benzene rings is 2. The molecule has 2 aromatic carbocycles. The van der Waals surface area contributed by atoms with Crippen LogP contribution in [0.3, 0.4) is 0 Å². The van der Waals surface area contributed by atoms with Crippen LogP contribution in [0, 0.1) is 10.1 Å². The molecule has 8 nitrogen and oxygen atoms in total. The molecule has 0 saturated heterocycles. The SMILES string of the molecule is Cn1c(-c2ccc3c(c2)OCO3)cn2cc(-c3cccc([N+](=O)[O-])c3)nc12. The minimum Gasteiger partial charge on any atom is -0.454 e. The molecule has 0 fully saturated rings. The first-order chi connectivity index (χ1) is 13.1. The molecule has 5 rings (SSSR count). The van der Waals surface area contributed by atoms with Gasteiger partial charge in [0.15, 0.2) is 11.5 Å². The summed E-state index contributed by atoms with van der Waals surface area (Å²) in [5.74, 6) is 2.21. The van der Waals surface area contributed by atoms with Crippen LogP contribution in [0.5, 0.6) is 11.5 Å². The van der Waals surface area contributed by atoms with Gasteiger partial charge in [-0.25, -0.2) is 4.98 Å². The first kappa shape index (κ1) is 15.4. The standard InChI is InChI=1S/C19H14N4O4/c1-21-16(13-5-6-17-18(8-13)27-11-26-17)10-22-9-15(20-19(21)22)12-3-2-4-14(7-12)23(24)25/h2-10H,11H2,1H3. The van der Waals surface area contributed by atoms with Crippen LogP contribution in [0.2, 0.25) is 0 Å². The van der Waals surface area contributed by atoms with Gasteiger partial charge in [0, 0.05) is 42.7 Å². The Morgan fingerprint density at radius 3 is 2.74 bits per heavy atom. The molecular weight excluding hydrogens is 348 g/mol. The van der Waals surface area contributed by atoms with Crippen molar-refractivity contribution in [2.24, 2.45) is 7.05 Å². The fourth-order valence-corrected chi connectivity index (χ4v) is 3.30. The largest absolute Gasteiger partial charge is 0.454 e. The van der Waals surface area contributed by atoms with Crippen molar-refractivity contribution >= 4 is 11.5 Å². The summed E-state index contributed by atoms with van der Waals surface area (Å²) in [4.78, 5) is 15.2. The number of nitro groups is 1. The molecule has 0 bridgehead atoms. The van der Waals surface area contributed by atoms with E-state index in [0.29, 0.717) is 11.3 Å². The lowest BCUT2D eigenvalue weighted by Gasteiger charge is -2.04. The highest BCUT2D eigenvalue weighted by Crippen LogP contribution is 2.36. The maximum Gasteiger partial charge on any atom is 0.270 e. The molecule has 27 heavy (non-hydrogen) atoms. The van der Waals surface area contributed by atoms with Crippen LogP contribution in [0.25, 0.3) is 28.3 Å². The third-order valence-electron chi connectivity index (χ3n) is 4.66. The molecule has 3 heterocycles. The van der Waals surface area contributed by atoms with Crippen molar-refractivity contribution in [3.63, 3.8) is 0 Å². The smallest absolute Gasteiger partial charge is 0.270 e. The average Bonchev–Trinajstić information content (AvgIpc) is 3.37. The monoisotopic (exact) mass is 362 g/mol. The fourth-order valence-electron chi connectivity index (χ4n) is 3.30. The summed E-state index contributed by atoms with van der Waals surface area (Å²) in [6.45, 7) is 0.238. The van der Waals surface area contributed by atoms with Gasteiger partial charge < -0.3 is 14.0 Å². The van der Waals surface area contributed by atoms with Crippen molar-refractivity contribution in [2.75, 3.05) is 6.79 Å². The molecule has 2 aromatic heterocycles. The predicted octanol–water partition coefficient (Wildman–Crippen LogP) is 3.64. The molecule has 134 valence electrons. The highest BCUT2D eigenvalue weighted by molar-refractivity contribution is 5.70. The zero-order valence-corrected chi connectivity index (χ0v) is 14.3. The Kier molecular flexibility index (Phi) is 3.20. The molecule has 0 unspecified atom stereocenters. The van der Waals surface area contributed by atoms with Gasteiger partial charge in [-0.3, -0.25) is 14.5 Å². The van der Waals surface area contributed by atoms with E-state index in [4.69, 9.17) is 9.47 Å². The Bertz CT molecular complexity index is 1210. The highest BCUT2D eigenvalue weighted by atomic mass is 16.7. The normalized spacial score (nSPS) is 12.6. The molecule has 1 aliphatic rings. The number of fused-ring (bicyclic) bond motifs is 2. The van der Waals surface area contributed by atoms with E-state index in [0.717, 1.165) is 28.5 Å². The van der Waals surface area contributed by atoms with Crippen molar-refractivity contribution in [3.8, 4) is 34.0 Å². The number of nitrogens with zero attached hydrogens (tertiary/aromatic N) is 4. The fraction of sp³-hybridized carbons (Fsp3) is 0.105. The zero-order chi connectivity index (χ0) is 18.5. The van der Waals surface area contributed by atoms with Gasteiger partial charge in [0.05, 0.1) is 16.3 Å². The Hall–Kier alpha value is -3.81. The molecule has 0 radical (unpaired) electrons. The van der Waals surface area contributed by atoms with E-state index in [9.17, 15) is 10.1 Å². The number of aryl methyl sites for hydroxylation is 1. The number of nitro benzene ring substituents is 1. The van der Waals surface area contributed by atoms with Crippen molar-refractivity contribution in [1.29, 1.82) is 0 Å². The number of non-ortho nitro benzene ring substituents is 1. The number of hydrogen-bond acceptors (Lipinski definition) is 5. The minimum atomic E-state index is -0.406. The number of hydrogen-bond donors (Lipinski definition) is 0. The Balaban J connectivity index is 1.57. The van der Waals surface area contributed by atoms with Gasteiger partial charge in [0.2, 0.25) is 12.6 Å². The number of ether oxygens (including phenoxy) is 2. The van der Waals surface area contributed by atoms with Gasteiger partial charge in [0.1, 0.15) is 0 Å². The lowest BCUT2D eigenvalue weighted by molar-refractivity contribution is -0.384. The van der Waals surface area contributed by atoms with Crippen molar-refractivity contribution < 1.29 is 14.4 Å². The van der Waals surface area contributed by atoms with E-state index >= 15 is 0 Å². The van der Waals surface area contributed by atoms with Crippen LogP contribution in [0.1, 0.15) is 0 Å². The van der Waals surface area contributed by atoms with E-state index in [1.807, 2.05) is 52.7 Å². The molecule has 0 amide bonds. The molecular formula is C19H14N4O4. The second-order valence-electron chi connectivity index (χ2n) is 6.28. The van der Waals surface area contributed by atoms with Crippen molar-refractivity contribution in [2.45, 2.75) is 0 Å². The van der Waals surface area contributed by atoms with E-state index < -0.39 is 4.92 Å². The van der Waals surface area contributed by atoms with Gasteiger partial charge in [0.25, 0.3) is 5.69 Å². The van der Waals surface area contributed by atoms with Gasteiger partial charge >= 0.3 is 0 Å². The third-order valence-corrected chi connectivity index (χ3v) is 4.66. The Morgan fingerprint density at radius 1 is 1.07 bits per heavy atom. The van der Waals surface area contributed by atoms with Crippen LogP contribution in [-0.4, -0.2) is 25.7 Å². The number of aromatic nitrogens is 3. The van der Waals surface area contributed by atoms with E-state index in [-0.39, 0.29) is 12.5 Å². The molecule has 0 N–H and O–H groups in total. The van der Waals surface area contributed by atoms with Crippen LogP contribution in [-0.2, 0) is 7.05 Å². The van der Waals surface area contributed by atoms with Crippen LogP contribution in [0.15, 0.2) is 54.9 Å². The molecule has 0 spiro atoms. The summed E-state index contributed by atoms with van der Waals surface area (Å²) < 4.78 is 14.7. The molecule has 4 aromatic rings. The summed E-state index contributed by atoms with van der Waals surface area (Å²) in [5.41, 5.74) is 3.40. The number of rotatable bonds is 3. The molecule has 1 aliphatic heterocycles. The Labute approximate surface area is 153 Å². The van der Waals surface area contributed by atoms with E-state index in [1.165, 1.54) is 12.1 Å². The Morgan fingerprint density at radius 2 is 1.93 bits per heavy atom. The van der Waals surface area contributed by atoms with Crippen molar-refractivity contribution in [1.82, 2.24) is 14.0 Å². The summed E-state index contributed by atoms with van der Waals surface area (Å²) in [5, 5.41) is 11.0. The molecule has 0 aliphatic carbocycles. The third kappa shape index (κ3) is 2.42. The van der Waals surface area contributed by atoms with E-state index in [1.54, 1.807) is 6.07 Å². The second kappa shape index (κ2) is 5.60. The predicted molar refractivity (Wildman–Crippen MR) is 97.8 cm³/mol. The topological polar surface area (TPSA) is 83.8 Å². The minimum absolute atomic E-state index is 0.0469. The zero-order valence-electron chi connectivity index (χ0n) is 14.3. The van der Waals surface area contributed by atoms with Gasteiger partial charge in [-0.1, -0.05) is 12.1 Å². The summed E-state index contributed by atoms with van der Waals surface area (Å²) >= 11 is 0. The summed E-state index contributed by atoms with van der Waals surface area (Å²) in [7, 11) is 1.93. The lowest BCUT2D eigenvalue weighted by Crippen LogP contribution is -1.93. The van der Waals surface area contributed by atoms with Gasteiger partial charge in [-0.15, -0.1) is 0 Å². The van der Waals surface area contributed by atoms with Crippen molar-refractivity contribution in [3.05, 3.63) is 65.0 Å². The first-order valence-electron chi connectivity index (χ1n) is 8.29. The summed E-state index contributed by atoms with van der Waals surface area (Å²) in [6.07, 6.45) is 3.84. The number of imidazole rings is 2. The van der Waals surface area contributed by atoms with Crippen LogP contribution in [0.4, 0.5) is 5.69 Å². The van der Waals surface area contributed by atoms with Gasteiger partial charge in [-0.2, -0.15) is 0 Å². The highest BCUT2D eigenvalue weighted by Gasteiger charge is 2.18. The molecule has 0 saturated carbocycles. The van der Waals surface area contributed by atoms with Crippen LogP contribution < -0.4 is 9.47 Å². The second-order valence-corrected chi connectivity index (χ2v) is 6.28. The quantitative estimate of drug-likeness (QED) is 0.410. The first-order valence-corrected chi connectivity index (χ1v) is 8.29. The maximum atomic E-state index is 11.0. The molecule has 0 atom stereocenters. The average molecular weight is 362 g/mol. The molecule has 8 heteroatoms. The van der Waals surface area contributed by atoms with Gasteiger partial charge in [-0.05, 0) is 18.2 Å². The lowest BCUT2D eigenvalue weighted by atomic mass is 10.1. The van der Waals surface area contributed by atoms with Crippen LogP contribution >= 0.6 is 0 Å². The summed E-state index contributed by atoms with van der Waals surface area (Å²) in [6, 6.07) is 12.3. The van der Waals surface area contributed by atoms with E-state index in [2.05, 4.69) is 4.98 Å².